The molecule has 1 N–H and O–H groups in total. The lowest BCUT2D eigenvalue weighted by molar-refractivity contribution is -0.148. The highest BCUT2D eigenvalue weighted by Crippen LogP contribution is 2.15. The molecule has 0 aliphatic carbocycles. The maximum atomic E-state index is 13.2. The van der Waals surface area contributed by atoms with Crippen molar-refractivity contribution < 1.29 is 24.0 Å². The lowest BCUT2D eigenvalue weighted by Gasteiger charge is -2.35. The summed E-state index contributed by atoms with van der Waals surface area (Å²) < 4.78 is 0. The van der Waals surface area contributed by atoms with Crippen molar-refractivity contribution in [3.05, 3.63) is 0 Å². The molecule has 3 atom stereocenters. The molecule has 5 amide bonds. The van der Waals surface area contributed by atoms with E-state index in [1.54, 1.807) is 25.8 Å². The largest absolute Gasteiger partial charge is 0.343 e. The molecule has 1 saturated heterocycles. The third-order valence-electron chi connectivity index (χ3n) is 6.45. The molecule has 1 fully saturated rings. The van der Waals surface area contributed by atoms with Crippen molar-refractivity contribution in [1.82, 2.24) is 24.9 Å². The number of likely N-dealkylation sites (N-methyl/N-ethyl adjacent to an activating group) is 3. The van der Waals surface area contributed by atoms with Crippen LogP contribution in [0.2, 0.25) is 0 Å². The van der Waals surface area contributed by atoms with Crippen LogP contribution in [0.5, 0.6) is 0 Å². The van der Waals surface area contributed by atoms with Crippen LogP contribution in [0.15, 0.2) is 0 Å². The maximum absolute atomic E-state index is 13.2. The van der Waals surface area contributed by atoms with Crippen molar-refractivity contribution in [1.29, 1.82) is 0 Å². The lowest BCUT2D eigenvalue weighted by Crippen LogP contribution is -2.57. The second-order valence-corrected chi connectivity index (χ2v) is 9.77. The summed E-state index contributed by atoms with van der Waals surface area (Å²) in [6.45, 7) is 9.80. The number of hydrogen-bond donors (Lipinski definition) is 1. The molecule has 194 valence electrons. The van der Waals surface area contributed by atoms with E-state index in [-0.39, 0.29) is 36.1 Å². The van der Waals surface area contributed by atoms with Crippen molar-refractivity contribution in [2.75, 3.05) is 40.8 Å². The average Bonchev–Trinajstić information content (AvgIpc) is 2.80. The molecule has 34 heavy (non-hydrogen) atoms. The van der Waals surface area contributed by atoms with Gasteiger partial charge in [0.25, 0.3) is 0 Å². The molecule has 0 saturated carbocycles. The molecule has 0 bridgehead atoms. The van der Waals surface area contributed by atoms with Gasteiger partial charge in [-0.15, -0.1) is 0 Å². The molecule has 0 radical (unpaired) electrons. The van der Waals surface area contributed by atoms with Crippen LogP contribution in [0.3, 0.4) is 0 Å². The van der Waals surface area contributed by atoms with Crippen LogP contribution in [-0.2, 0) is 24.0 Å². The van der Waals surface area contributed by atoms with Crippen molar-refractivity contribution in [2.45, 2.75) is 78.4 Å². The molecule has 0 unspecified atom stereocenters. The van der Waals surface area contributed by atoms with Crippen molar-refractivity contribution in [3.8, 4) is 0 Å². The number of nitrogens with zero attached hydrogens (tertiary/aromatic N) is 4. The highest BCUT2D eigenvalue weighted by Gasteiger charge is 2.34. The van der Waals surface area contributed by atoms with Crippen LogP contribution in [0, 0.1) is 5.92 Å². The van der Waals surface area contributed by atoms with Gasteiger partial charge in [0.05, 0.1) is 6.54 Å². The van der Waals surface area contributed by atoms with Gasteiger partial charge in [-0.2, -0.15) is 0 Å². The van der Waals surface area contributed by atoms with Gasteiger partial charge in [0, 0.05) is 41.2 Å². The molecule has 0 aromatic carbocycles. The SMILES string of the molecule is CC(=O)N(C)CC(=O)N(C)[C@@H](C)C(=O)N(C)[C@@H](CC(C)C)C(=O)N[C@@H](C)C(=O)N1CCCCC1. The number of hydrogen-bond acceptors (Lipinski definition) is 5. The van der Waals surface area contributed by atoms with E-state index in [0.29, 0.717) is 19.5 Å². The summed E-state index contributed by atoms with van der Waals surface area (Å²) in [5.74, 6) is -1.40. The molecular weight excluding hydrogens is 438 g/mol. The smallest absolute Gasteiger partial charge is 0.245 e. The van der Waals surface area contributed by atoms with Crippen LogP contribution in [-0.4, -0.2) is 108 Å². The fourth-order valence-electron chi connectivity index (χ4n) is 3.90. The first kappa shape index (κ1) is 29.4. The Morgan fingerprint density at radius 3 is 1.94 bits per heavy atom. The first-order chi connectivity index (χ1) is 15.8. The van der Waals surface area contributed by atoms with Crippen LogP contribution >= 0.6 is 0 Å². The third-order valence-corrected chi connectivity index (χ3v) is 6.45. The van der Waals surface area contributed by atoms with E-state index in [2.05, 4.69) is 5.32 Å². The average molecular weight is 482 g/mol. The quantitative estimate of drug-likeness (QED) is 0.494. The van der Waals surface area contributed by atoms with Gasteiger partial charge < -0.3 is 24.9 Å². The molecule has 1 heterocycles. The Kier molecular flexibility index (Phi) is 11.5. The normalized spacial score (nSPS) is 16.3. The number of carbonyl (C=O) groups is 5. The first-order valence-corrected chi connectivity index (χ1v) is 12.1. The summed E-state index contributed by atoms with van der Waals surface area (Å²) in [5.41, 5.74) is 0. The van der Waals surface area contributed by atoms with Gasteiger partial charge in [0.15, 0.2) is 0 Å². The number of amides is 5. The Hall–Kier alpha value is -2.65. The number of carbonyl (C=O) groups excluding carboxylic acids is 5. The Labute approximate surface area is 204 Å². The monoisotopic (exact) mass is 481 g/mol. The highest BCUT2D eigenvalue weighted by molar-refractivity contribution is 5.94. The summed E-state index contributed by atoms with van der Waals surface area (Å²) >= 11 is 0. The van der Waals surface area contributed by atoms with E-state index in [1.807, 2.05) is 13.8 Å². The number of nitrogens with one attached hydrogen (secondary N) is 1. The lowest BCUT2D eigenvalue weighted by atomic mass is 10.0. The summed E-state index contributed by atoms with van der Waals surface area (Å²) in [7, 11) is 4.56. The molecule has 1 aliphatic heterocycles. The van der Waals surface area contributed by atoms with E-state index < -0.39 is 24.0 Å². The van der Waals surface area contributed by atoms with Crippen LogP contribution < -0.4 is 5.32 Å². The molecule has 0 spiro atoms. The van der Waals surface area contributed by atoms with Gasteiger partial charge in [0.2, 0.25) is 29.5 Å². The van der Waals surface area contributed by atoms with Crippen LogP contribution in [0.25, 0.3) is 0 Å². The minimum Gasteiger partial charge on any atom is -0.343 e. The highest BCUT2D eigenvalue weighted by atomic mass is 16.2. The Morgan fingerprint density at radius 1 is 0.882 bits per heavy atom. The van der Waals surface area contributed by atoms with E-state index >= 15 is 0 Å². The standard InChI is InChI=1S/C24H43N5O5/c1-16(2)14-20(22(32)25-17(3)23(33)29-12-10-9-11-13-29)28(8)24(34)18(4)27(7)21(31)15-26(6)19(5)30/h16-18,20H,9-15H2,1-8H3,(H,25,32)/t17-,18-,20-/m0/s1. The van der Waals surface area contributed by atoms with Gasteiger partial charge in [-0.25, -0.2) is 0 Å². The Morgan fingerprint density at radius 2 is 1.44 bits per heavy atom. The fourth-order valence-corrected chi connectivity index (χ4v) is 3.90. The second-order valence-electron chi connectivity index (χ2n) is 9.77. The molecule has 1 rings (SSSR count). The predicted octanol–water partition coefficient (Wildman–Crippen LogP) is 0.702. The Balaban J connectivity index is 2.89. The minimum atomic E-state index is -0.826. The summed E-state index contributed by atoms with van der Waals surface area (Å²) in [5, 5.41) is 2.80. The zero-order valence-electron chi connectivity index (χ0n) is 22.1. The summed E-state index contributed by atoms with van der Waals surface area (Å²) in [4.78, 5) is 68.8. The fraction of sp³-hybridized carbons (Fsp3) is 0.792. The zero-order chi connectivity index (χ0) is 26.2. The first-order valence-electron chi connectivity index (χ1n) is 12.1. The second kappa shape index (κ2) is 13.3. The number of piperidine rings is 1. The van der Waals surface area contributed by atoms with E-state index in [1.165, 1.54) is 35.7 Å². The summed E-state index contributed by atoms with van der Waals surface area (Å²) in [6.07, 6.45) is 3.45. The molecule has 0 aromatic heterocycles. The molecule has 10 heteroatoms. The van der Waals surface area contributed by atoms with Gasteiger partial charge in [-0.1, -0.05) is 13.8 Å². The van der Waals surface area contributed by atoms with Crippen molar-refractivity contribution >= 4 is 29.5 Å². The van der Waals surface area contributed by atoms with E-state index in [4.69, 9.17) is 0 Å². The molecule has 10 nitrogen and oxygen atoms in total. The Bertz CT molecular complexity index is 750. The minimum absolute atomic E-state index is 0.112. The molecule has 0 aromatic rings. The van der Waals surface area contributed by atoms with E-state index in [0.717, 1.165) is 19.3 Å². The third kappa shape index (κ3) is 8.29. The van der Waals surface area contributed by atoms with E-state index in [9.17, 15) is 24.0 Å². The van der Waals surface area contributed by atoms with Gasteiger partial charge >= 0.3 is 0 Å². The predicted molar refractivity (Wildman–Crippen MR) is 130 cm³/mol. The topological polar surface area (TPSA) is 110 Å². The van der Waals surface area contributed by atoms with Crippen molar-refractivity contribution in [2.24, 2.45) is 5.92 Å². The number of rotatable bonds is 10. The maximum Gasteiger partial charge on any atom is 0.245 e. The van der Waals surface area contributed by atoms with Gasteiger partial charge in [-0.3, -0.25) is 24.0 Å². The van der Waals surface area contributed by atoms with Gasteiger partial charge in [0.1, 0.15) is 18.1 Å². The van der Waals surface area contributed by atoms with Crippen LogP contribution in [0.4, 0.5) is 0 Å². The van der Waals surface area contributed by atoms with Crippen LogP contribution in [0.1, 0.15) is 60.3 Å². The van der Waals surface area contributed by atoms with Crippen molar-refractivity contribution in [3.63, 3.8) is 0 Å². The van der Waals surface area contributed by atoms with Gasteiger partial charge in [-0.05, 0) is 45.4 Å². The molecular formula is C24H43N5O5. The number of likely N-dealkylation sites (tertiary alicyclic amines) is 1. The zero-order valence-corrected chi connectivity index (χ0v) is 22.1. The summed E-state index contributed by atoms with van der Waals surface area (Å²) in [6, 6.07) is -2.30. The molecule has 1 aliphatic rings.